The van der Waals surface area contributed by atoms with Gasteiger partial charge in [0.1, 0.15) is 0 Å². The number of pyridine rings is 1. The molecule has 1 amide bonds. The molecule has 0 unspecified atom stereocenters. The van der Waals surface area contributed by atoms with E-state index in [4.69, 9.17) is 4.74 Å². The van der Waals surface area contributed by atoms with Crippen LogP contribution in [-0.2, 0) is 0 Å². The van der Waals surface area contributed by atoms with Crippen molar-refractivity contribution in [1.82, 2.24) is 9.88 Å². The maximum atomic E-state index is 12.4. The number of nitrogens with zero attached hydrogens (tertiary/aromatic N) is 2. The average Bonchev–Trinajstić information content (AvgIpc) is 2.78. The largest absolute Gasteiger partial charge is 0.475 e. The third-order valence-electron chi connectivity index (χ3n) is 3.62. The summed E-state index contributed by atoms with van der Waals surface area (Å²) in [6, 6.07) is 3.35. The molecule has 1 aliphatic heterocycles. The van der Waals surface area contributed by atoms with Crippen LogP contribution in [0.3, 0.4) is 0 Å². The van der Waals surface area contributed by atoms with Crippen molar-refractivity contribution < 1.29 is 14.6 Å². The molecule has 0 aliphatic carbocycles. The third-order valence-corrected chi connectivity index (χ3v) is 3.62. The van der Waals surface area contributed by atoms with E-state index in [1.54, 1.807) is 30.2 Å². The van der Waals surface area contributed by atoms with Crippen LogP contribution in [0, 0.1) is 0 Å². The zero-order chi connectivity index (χ0) is 14.8. The van der Waals surface area contributed by atoms with Crippen molar-refractivity contribution in [3.05, 3.63) is 23.9 Å². The number of β-amino-alcohol motifs (C(OH)–C–C–N with tert-alkyl or cyclic N) is 1. The summed E-state index contributed by atoms with van der Waals surface area (Å²) in [5.74, 6) is 0.385. The van der Waals surface area contributed by atoms with Gasteiger partial charge in [-0.05, 0) is 32.8 Å². The number of aromatic nitrogens is 1. The van der Waals surface area contributed by atoms with E-state index in [9.17, 15) is 9.90 Å². The first-order chi connectivity index (χ1) is 9.41. The molecule has 0 aromatic carbocycles. The maximum Gasteiger partial charge on any atom is 0.254 e. The van der Waals surface area contributed by atoms with Gasteiger partial charge in [-0.2, -0.15) is 0 Å². The van der Waals surface area contributed by atoms with Crippen LogP contribution in [-0.4, -0.2) is 45.7 Å². The Morgan fingerprint density at radius 1 is 1.65 bits per heavy atom. The molecular weight excluding hydrogens is 256 g/mol. The number of aliphatic hydroxyl groups is 1. The summed E-state index contributed by atoms with van der Waals surface area (Å²) >= 11 is 0. The molecule has 1 aliphatic rings. The maximum absolute atomic E-state index is 12.4. The lowest BCUT2D eigenvalue weighted by atomic mass is 10.1. The van der Waals surface area contributed by atoms with Gasteiger partial charge in [0, 0.05) is 30.9 Å². The first-order valence-electron chi connectivity index (χ1n) is 7.05. The Morgan fingerprint density at radius 2 is 2.40 bits per heavy atom. The smallest absolute Gasteiger partial charge is 0.254 e. The number of carbonyl (C=O) groups excluding carboxylic acids is 1. The van der Waals surface area contributed by atoms with Crippen molar-refractivity contribution >= 4 is 5.91 Å². The predicted molar refractivity (Wildman–Crippen MR) is 75.8 cm³/mol. The van der Waals surface area contributed by atoms with Crippen molar-refractivity contribution in [2.45, 2.75) is 45.3 Å². The van der Waals surface area contributed by atoms with E-state index >= 15 is 0 Å². The highest BCUT2D eigenvalue weighted by Gasteiger charge is 2.34. The summed E-state index contributed by atoms with van der Waals surface area (Å²) in [5, 5.41) is 9.94. The van der Waals surface area contributed by atoms with E-state index in [0.29, 0.717) is 31.0 Å². The Hall–Kier alpha value is -1.62. The van der Waals surface area contributed by atoms with Crippen molar-refractivity contribution in [3.8, 4) is 5.88 Å². The summed E-state index contributed by atoms with van der Waals surface area (Å²) in [6.07, 6.45) is 3.15. The number of hydrogen-bond donors (Lipinski definition) is 1. The SMILES string of the molecule is CC[C@@H](C)Oc1cc(C(=O)N2CC[C@@](C)(O)C2)ccn1. The van der Waals surface area contributed by atoms with Crippen LogP contribution in [0.4, 0.5) is 0 Å². The van der Waals surface area contributed by atoms with Crippen LogP contribution in [0.15, 0.2) is 18.3 Å². The van der Waals surface area contributed by atoms with Crippen molar-refractivity contribution in [2.75, 3.05) is 13.1 Å². The number of carbonyl (C=O) groups is 1. The monoisotopic (exact) mass is 278 g/mol. The molecule has 5 nitrogen and oxygen atoms in total. The van der Waals surface area contributed by atoms with Crippen LogP contribution in [0.2, 0.25) is 0 Å². The molecule has 2 rings (SSSR count). The van der Waals surface area contributed by atoms with E-state index in [1.807, 2.05) is 13.8 Å². The Labute approximate surface area is 119 Å². The average molecular weight is 278 g/mol. The molecule has 1 N–H and O–H groups in total. The molecule has 1 aromatic heterocycles. The number of hydrogen-bond acceptors (Lipinski definition) is 4. The van der Waals surface area contributed by atoms with Crippen LogP contribution < -0.4 is 4.74 Å². The number of ether oxygens (including phenoxy) is 1. The van der Waals surface area contributed by atoms with Crippen LogP contribution in [0.5, 0.6) is 5.88 Å². The minimum absolute atomic E-state index is 0.0698. The van der Waals surface area contributed by atoms with Crippen LogP contribution in [0.1, 0.15) is 44.0 Å². The third kappa shape index (κ3) is 3.48. The first-order valence-corrected chi connectivity index (χ1v) is 7.05. The highest BCUT2D eigenvalue weighted by atomic mass is 16.5. The molecule has 0 bridgehead atoms. The van der Waals surface area contributed by atoms with E-state index in [1.165, 1.54) is 0 Å². The Balaban J connectivity index is 2.09. The van der Waals surface area contributed by atoms with Gasteiger partial charge in [-0.25, -0.2) is 4.98 Å². The fraction of sp³-hybridized carbons (Fsp3) is 0.600. The topological polar surface area (TPSA) is 62.7 Å². The van der Waals surface area contributed by atoms with E-state index in [-0.39, 0.29) is 12.0 Å². The summed E-state index contributed by atoms with van der Waals surface area (Å²) in [6.45, 7) is 6.70. The van der Waals surface area contributed by atoms with Gasteiger partial charge in [-0.15, -0.1) is 0 Å². The van der Waals surface area contributed by atoms with E-state index in [0.717, 1.165) is 6.42 Å². The quantitative estimate of drug-likeness (QED) is 0.913. The molecule has 5 heteroatoms. The minimum atomic E-state index is -0.779. The molecule has 2 heterocycles. The zero-order valence-corrected chi connectivity index (χ0v) is 12.3. The van der Waals surface area contributed by atoms with Crippen LogP contribution in [0.25, 0.3) is 0 Å². The van der Waals surface area contributed by atoms with Crippen molar-refractivity contribution in [3.63, 3.8) is 0 Å². The Kier molecular flexibility index (Phi) is 4.28. The molecule has 0 radical (unpaired) electrons. The number of rotatable bonds is 4. The second kappa shape index (κ2) is 5.79. The standard InChI is InChI=1S/C15H22N2O3/c1-4-11(2)20-13-9-12(5-7-16-13)14(18)17-8-6-15(3,19)10-17/h5,7,9,11,19H,4,6,8,10H2,1-3H3/t11-,15-/m1/s1. The molecule has 1 saturated heterocycles. The van der Waals surface area contributed by atoms with Gasteiger partial charge in [0.05, 0.1) is 11.7 Å². The lowest BCUT2D eigenvalue weighted by Gasteiger charge is -2.19. The van der Waals surface area contributed by atoms with Crippen LogP contribution >= 0.6 is 0 Å². The van der Waals surface area contributed by atoms with Gasteiger partial charge in [0.2, 0.25) is 5.88 Å². The predicted octanol–water partition coefficient (Wildman–Crippen LogP) is 1.86. The van der Waals surface area contributed by atoms with Gasteiger partial charge in [-0.3, -0.25) is 4.79 Å². The normalized spacial score (nSPS) is 23.7. The first kappa shape index (κ1) is 14.8. The number of amides is 1. The summed E-state index contributed by atoms with van der Waals surface area (Å²) in [5.41, 5.74) is -0.227. The molecular formula is C15H22N2O3. The summed E-state index contributed by atoms with van der Waals surface area (Å²) in [4.78, 5) is 18.2. The van der Waals surface area contributed by atoms with Gasteiger partial charge in [-0.1, -0.05) is 6.92 Å². The van der Waals surface area contributed by atoms with Gasteiger partial charge >= 0.3 is 0 Å². The Bertz CT molecular complexity index is 488. The van der Waals surface area contributed by atoms with Crippen molar-refractivity contribution in [1.29, 1.82) is 0 Å². The highest BCUT2D eigenvalue weighted by molar-refractivity contribution is 5.94. The van der Waals surface area contributed by atoms with E-state index < -0.39 is 5.60 Å². The lowest BCUT2D eigenvalue weighted by Crippen LogP contribution is -2.33. The van der Waals surface area contributed by atoms with Gasteiger partial charge < -0.3 is 14.7 Å². The van der Waals surface area contributed by atoms with E-state index in [2.05, 4.69) is 4.98 Å². The molecule has 0 spiro atoms. The summed E-state index contributed by atoms with van der Waals surface area (Å²) in [7, 11) is 0. The Morgan fingerprint density at radius 3 is 3.00 bits per heavy atom. The summed E-state index contributed by atoms with van der Waals surface area (Å²) < 4.78 is 5.63. The highest BCUT2D eigenvalue weighted by Crippen LogP contribution is 2.23. The molecule has 20 heavy (non-hydrogen) atoms. The fourth-order valence-corrected chi connectivity index (χ4v) is 2.20. The molecule has 0 saturated carbocycles. The second-order valence-corrected chi connectivity index (χ2v) is 5.69. The molecule has 110 valence electrons. The second-order valence-electron chi connectivity index (χ2n) is 5.69. The molecule has 1 fully saturated rings. The van der Waals surface area contributed by atoms with Gasteiger partial charge in [0.25, 0.3) is 5.91 Å². The molecule has 1 aromatic rings. The molecule has 2 atom stereocenters. The number of likely N-dealkylation sites (tertiary alicyclic amines) is 1. The zero-order valence-electron chi connectivity index (χ0n) is 12.3. The fourth-order valence-electron chi connectivity index (χ4n) is 2.20. The minimum Gasteiger partial charge on any atom is -0.475 e. The van der Waals surface area contributed by atoms with Gasteiger partial charge in [0.15, 0.2) is 0 Å². The van der Waals surface area contributed by atoms with Crippen molar-refractivity contribution in [2.24, 2.45) is 0 Å². The lowest BCUT2D eigenvalue weighted by molar-refractivity contribution is 0.0572.